The molecule has 1 aromatic heterocycles. The van der Waals surface area contributed by atoms with Crippen molar-refractivity contribution in [2.24, 2.45) is 7.05 Å². The highest BCUT2D eigenvalue weighted by Crippen LogP contribution is 2.51. The van der Waals surface area contributed by atoms with Gasteiger partial charge in [0, 0.05) is 10.9 Å². The normalized spacial score (nSPS) is 11.4. The molecule has 5 nitrogen and oxygen atoms in total. The van der Waals surface area contributed by atoms with Crippen LogP contribution >= 0.6 is 7.60 Å². The second-order valence-electron chi connectivity index (χ2n) is 4.45. The van der Waals surface area contributed by atoms with Gasteiger partial charge in [-0.15, -0.1) is 0 Å². The van der Waals surface area contributed by atoms with Crippen LogP contribution in [-0.2, 0) is 26.8 Å². The predicted molar refractivity (Wildman–Crippen MR) is 77.5 cm³/mol. The third kappa shape index (κ3) is 4.71. The molecule has 0 fully saturated rings. The van der Waals surface area contributed by atoms with E-state index in [1.807, 2.05) is 51.4 Å². The third-order valence-corrected chi connectivity index (χ3v) is 4.90. The molecule has 116 valence electrons. The molecule has 0 saturated carbocycles. The van der Waals surface area contributed by atoms with Gasteiger partial charge in [0.15, 0.2) is 13.2 Å². The molecule has 2 rings (SSSR count). The van der Waals surface area contributed by atoms with Crippen LogP contribution in [0.5, 0.6) is 0 Å². The van der Waals surface area contributed by atoms with Gasteiger partial charge < -0.3 is 33.0 Å². The number of aromatic nitrogens is 2. The molecule has 0 saturated heterocycles. The van der Waals surface area contributed by atoms with E-state index < -0.39 is 7.60 Å². The van der Waals surface area contributed by atoms with Crippen LogP contribution in [0.4, 0.5) is 0 Å². The fraction of sp³-hybridized carbons (Fsp3) is 0.429. The molecule has 0 amide bonds. The molecule has 7 heteroatoms. The Balaban J connectivity index is 0.00000220. The molecule has 1 heterocycles. The largest absolute Gasteiger partial charge is 1.00 e. The summed E-state index contributed by atoms with van der Waals surface area (Å²) in [4.78, 5) is 0. The molecule has 0 bridgehead atoms. The maximum absolute atomic E-state index is 12.7. The van der Waals surface area contributed by atoms with Crippen molar-refractivity contribution in [1.29, 1.82) is 0 Å². The van der Waals surface area contributed by atoms with E-state index in [1.165, 1.54) is 0 Å². The van der Waals surface area contributed by atoms with E-state index in [4.69, 9.17) is 9.05 Å². The topological polar surface area (TPSA) is 52.3 Å². The lowest BCUT2D eigenvalue weighted by Crippen LogP contribution is -3.00. The van der Waals surface area contributed by atoms with E-state index in [2.05, 4.69) is 5.10 Å². The third-order valence-electron chi connectivity index (χ3n) is 2.87. The van der Waals surface area contributed by atoms with Gasteiger partial charge in [-0.2, -0.15) is 0 Å². The summed E-state index contributed by atoms with van der Waals surface area (Å²) in [6.07, 6.45) is 2.12. The van der Waals surface area contributed by atoms with Gasteiger partial charge in [0.2, 0.25) is 0 Å². The van der Waals surface area contributed by atoms with E-state index in [0.717, 1.165) is 16.5 Å². The van der Waals surface area contributed by atoms with Gasteiger partial charge in [0.05, 0.1) is 19.4 Å². The summed E-state index contributed by atoms with van der Waals surface area (Å²) < 4.78 is 25.1. The zero-order valence-electron chi connectivity index (χ0n) is 12.5. The highest BCUT2D eigenvalue weighted by molar-refractivity contribution is 7.53. The summed E-state index contributed by atoms with van der Waals surface area (Å²) in [6.45, 7) is 4.37. The molecular formula is C14H20IN2O3P. The highest BCUT2D eigenvalue weighted by Gasteiger charge is 2.26. The standard InChI is InChI=1S/C14H20N2O3P.HI/c1-4-18-20(17,19-5-2)11-12-10-16(3)15-14-9-7-6-8-13(12)14;/h6-10H,4-5,11H2,1-3H3;1H/q+1;/p-1. The molecule has 0 spiro atoms. The molecular weight excluding hydrogens is 402 g/mol. The van der Waals surface area contributed by atoms with Gasteiger partial charge in [-0.05, 0) is 25.0 Å². The molecule has 0 radical (unpaired) electrons. The van der Waals surface area contributed by atoms with Crippen molar-refractivity contribution >= 4 is 18.5 Å². The van der Waals surface area contributed by atoms with Crippen LogP contribution in [0.25, 0.3) is 10.9 Å². The van der Waals surface area contributed by atoms with Gasteiger partial charge in [-0.25, -0.2) is 0 Å². The van der Waals surface area contributed by atoms with Crippen LogP contribution in [0.2, 0.25) is 0 Å². The van der Waals surface area contributed by atoms with Crippen molar-refractivity contribution in [2.45, 2.75) is 20.0 Å². The fourth-order valence-corrected chi connectivity index (χ4v) is 3.90. The first kappa shape index (κ1) is 18.5. The highest BCUT2D eigenvalue weighted by atomic mass is 127. The van der Waals surface area contributed by atoms with E-state index in [1.54, 1.807) is 4.68 Å². The molecule has 0 unspecified atom stereocenters. The molecule has 0 aliphatic carbocycles. The lowest BCUT2D eigenvalue weighted by molar-refractivity contribution is -0.728. The first-order valence-electron chi connectivity index (χ1n) is 6.70. The van der Waals surface area contributed by atoms with E-state index >= 15 is 0 Å². The molecule has 21 heavy (non-hydrogen) atoms. The molecule has 1 aromatic carbocycles. The van der Waals surface area contributed by atoms with Gasteiger partial charge in [0.25, 0.3) is 0 Å². The van der Waals surface area contributed by atoms with Crippen LogP contribution < -0.4 is 28.7 Å². The Labute approximate surface area is 142 Å². The SMILES string of the molecule is CCOP(=O)(Cc1c[n+](C)nc2ccccc12)OCC.[I-]. The van der Waals surface area contributed by atoms with Gasteiger partial charge in [-0.1, -0.05) is 22.9 Å². The zero-order valence-corrected chi connectivity index (χ0v) is 15.5. The molecule has 0 atom stereocenters. The Morgan fingerprint density at radius 2 is 1.81 bits per heavy atom. The van der Waals surface area contributed by atoms with E-state index in [0.29, 0.717) is 13.2 Å². The van der Waals surface area contributed by atoms with Crippen LogP contribution in [-0.4, -0.2) is 18.3 Å². The predicted octanol–water partition coefficient (Wildman–Crippen LogP) is -0.171. The van der Waals surface area contributed by atoms with E-state index in [-0.39, 0.29) is 30.1 Å². The number of rotatable bonds is 6. The van der Waals surface area contributed by atoms with Gasteiger partial charge in [0.1, 0.15) is 5.52 Å². The maximum Gasteiger partial charge on any atom is 0.335 e. The van der Waals surface area contributed by atoms with Crippen molar-refractivity contribution in [3.63, 3.8) is 0 Å². The lowest BCUT2D eigenvalue weighted by Gasteiger charge is -2.16. The first-order chi connectivity index (χ1) is 9.58. The van der Waals surface area contributed by atoms with Gasteiger partial charge in [-0.3, -0.25) is 4.57 Å². The molecule has 2 aromatic rings. The summed E-state index contributed by atoms with van der Waals surface area (Å²) in [5.74, 6) is 0. The van der Waals surface area contributed by atoms with E-state index in [9.17, 15) is 4.57 Å². The Morgan fingerprint density at radius 3 is 2.43 bits per heavy atom. The maximum atomic E-state index is 12.7. The molecule has 0 aliphatic heterocycles. The van der Waals surface area contributed by atoms with Crippen LogP contribution in [0.3, 0.4) is 0 Å². The van der Waals surface area contributed by atoms with Crippen LogP contribution in [0.15, 0.2) is 30.5 Å². The summed E-state index contributed by atoms with van der Waals surface area (Å²) in [5.41, 5.74) is 1.79. The number of aryl methyl sites for hydroxylation is 1. The Morgan fingerprint density at radius 1 is 1.19 bits per heavy atom. The minimum Gasteiger partial charge on any atom is -1.00 e. The second kappa shape index (κ2) is 8.17. The minimum absolute atomic E-state index is 0. The second-order valence-corrected chi connectivity index (χ2v) is 6.50. The van der Waals surface area contributed by atoms with Gasteiger partial charge >= 0.3 is 7.60 Å². The monoisotopic (exact) mass is 422 g/mol. The Kier molecular flexibility index (Phi) is 7.20. The summed E-state index contributed by atoms with van der Waals surface area (Å²) >= 11 is 0. The average molecular weight is 422 g/mol. The quantitative estimate of drug-likeness (QED) is 0.369. The number of hydrogen-bond donors (Lipinski definition) is 0. The molecule has 0 aliphatic rings. The summed E-state index contributed by atoms with van der Waals surface area (Å²) in [7, 11) is -1.26. The zero-order chi connectivity index (χ0) is 14.6. The summed E-state index contributed by atoms with van der Waals surface area (Å²) in [6, 6.07) is 7.79. The van der Waals surface area contributed by atoms with Crippen molar-refractivity contribution in [1.82, 2.24) is 5.10 Å². The van der Waals surface area contributed by atoms with Crippen molar-refractivity contribution in [3.05, 3.63) is 36.0 Å². The molecule has 0 N–H and O–H groups in total. The van der Waals surface area contributed by atoms with Crippen molar-refractivity contribution in [3.8, 4) is 0 Å². The fourth-order valence-electron chi connectivity index (χ4n) is 2.18. The Hall–Kier alpha value is -0.560. The smallest absolute Gasteiger partial charge is 0.335 e. The minimum atomic E-state index is -3.11. The number of benzene rings is 1. The number of nitrogens with zero attached hydrogens (tertiary/aromatic N) is 2. The average Bonchev–Trinajstić information content (AvgIpc) is 2.38. The first-order valence-corrected chi connectivity index (χ1v) is 8.43. The number of fused-ring (bicyclic) bond motifs is 1. The van der Waals surface area contributed by atoms with Crippen molar-refractivity contribution < 1.29 is 42.3 Å². The van der Waals surface area contributed by atoms with Crippen LogP contribution in [0, 0.1) is 0 Å². The summed E-state index contributed by atoms with van der Waals surface area (Å²) in [5, 5.41) is 5.38. The Bertz CT molecular complexity index is 641. The number of hydrogen-bond acceptors (Lipinski definition) is 4. The van der Waals surface area contributed by atoms with Crippen LogP contribution in [0.1, 0.15) is 19.4 Å². The van der Waals surface area contributed by atoms with Crippen molar-refractivity contribution in [2.75, 3.05) is 13.2 Å². The number of halogens is 1. The lowest BCUT2D eigenvalue weighted by atomic mass is 10.1.